The molecule has 6 nitrogen and oxygen atoms in total. The molecule has 0 amide bonds. The molecule has 0 aliphatic rings. The third-order valence-corrected chi connectivity index (χ3v) is 3.71. The van der Waals surface area contributed by atoms with Crippen molar-refractivity contribution in [2.45, 2.75) is 26.6 Å². The fraction of sp³-hybridized carbons (Fsp3) is 0.333. The van der Waals surface area contributed by atoms with E-state index in [0.29, 0.717) is 29.8 Å². The molecule has 0 bridgehead atoms. The smallest absolute Gasteiger partial charge is 0.387 e. The van der Waals surface area contributed by atoms with Crippen molar-refractivity contribution in [1.29, 1.82) is 0 Å². The van der Waals surface area contributed by atoms with Crippen LogP contribution in [-0.4, -0.2) is 31.2 Å². The molecule has 2 rings (SSSR count). The summed E-state index contributed by atoms with van der Waals surface area (Å²) in [6.07, 6.45) is 1.66. The molecule has 0 atom stereocenters. The first kappa shape index (κ1) is 24.2. The second-order valence-electron chi connectivity index (χ2n) is 5.32. The van der Waals surface area contributed by atoms with Crippen LogP contribution >= 0.6 is 35.6 Å². The van der Waals surface area contributed by atoms with Crippen LogP contribution < -0.4 is 20.1 Å². The summed E-state index contributed by atoms with van der Waals surface area (Å²) in [5.74, 6) is 0.779. The molecule has 1 heterocycles. The lowest BCUT2D eigenvalue weighted by atomic mass is 10.2. The fourth-order valence-corrected chi connectivity index (χ4v) is 2.40. The van der Waals surface area contributed by atoms with Crippen LogP contribution in [0.5, 0.6) is 11.5 Å². The van der Waals surface area contributed by atoms with Crippen molar-refractivity contribution in [1.82, 2.24) is 15.6 Å². The number of hydrogen-bond acceptors (Lipinski definition) is 4. The molecule has 0 aliphatic carbocycles. The number of alkyl halides is 2. The first-order valence-electron chi connectivity index (χ1n) is 8.28. The molecule has 0 saturated heterocycles. The van der Waals surface area contributed by atoms with Gasteiger partial charge in [0.2, 0.25) is 0 Å². The third kappa shape index (κ3) is 7.63. The lowest BCUT2D eigenvalue weighted by Crippen LogP contribution is -2.36. The lowest BCUT2D eigenvalue weighted by Gasteiger charge is -2.17. The minimum Gasteiger partial charge on any atom is -0.490 e. The van der Waals surface area contributed by atoms with Gasteiger partial charge in [-0.1, -0.05) is 29.8 Å². The van der Waals surface area contributed by atoms with Crippen molar-refractivity contribution < 1.29 is 18.3 Å². The summed E-state index contributed by atoms with van der Waals surface area (Å²) < 4.78 is 35.6. The summed E-state index contributed by atoms with van der Waals surface area (Å²) >= 11 is 5.76. The van der Waals surface area contributed by atoms with Gasteiger partial charge in [0.15, 0.2) is 17.5 Å². The molecule has 2 N–H and O–H groups in total. The Morgan fingerprint density at radius 1 is 1.21 bits per heavy atom. The van der Waals surface area contributed by atoms with E-state index >= 15 is 0 Å². The maximum atomic E-state index is 12.8. The Morgan fingerprint density at radius 2 is 1.96 bits per heavy atom. The van der Waals surface area contributed by atoms with E-state index in [1.807, 2.05) is 6.07 Å². The Labute approximate surface area is 184 Å². The maximum Gasteiger partial charge on any atom is 0.387 e. The Hall–Kier alpha value is -1.88. The molecule has 1 aromatic carbocycles. The highest BCUT2D eigenvalue weighted by molar-refractivity contribution is 14.0. The summed E-state index contributed by atoms with van der Waals surface area (Å²) in [5.41, 5.74) is 1.44. The first-order chi connectivity index (χ1) is 13.0. The molecule has 0 fully saturated rings. The Balaban J connectivity index is 0.00000392. The molecule has 2 aromatic rings. The molecule has 0 aliphatic heterocycles. The zero-order valence-electron chi connectivity index (χ0n) is 15.4. The number of aromatic nitrogens is 1. The number of rotatable bonds is 8. The number of benzene rings is 1. The van der Waals surface area contributed by atoms with Gasteiger partial charge in [-0.25, -0.2) is 4.98 Å². The highest BCUT2D eigenvalue weighted by atomic mass is 127. The van der Waals surface area contributed by atoms with E-state index in [1.165, 1.54) is 0 Å². The normalized spacial score (nSPS) is 11.0. The quantitative estimate of drug-likeness (QED) is 0.233. The summed E-state index contributed by atoms with van der Waals surface area (Å²) in [6.45, 7) is -0.131. The van der Waals surface area contributed by atoms with Gasteiger partial charge in [0.25, 0.3) is 0 Å². The highest BCUT2D eigenvalue weighted by Gasteiger charge is 2.16. The number of guanidine groups is 1. The monoisotopic (exact) mass is 526 g/mol. The largest absolute Gasteiger partial charge is 0.490 e. The minimum absolute atomic E-state index is 0. The zero-order chi connectivity index (χ0) is 19.6. The molecule has 0 spiro atoms. The topological polar surface area (TPSA) is 67.8 Å². The van der Waals surface area contributed by atoms with Crippen molar-refractivity contribution in [2.24, 2.45) is 4.99 Å². The fourth-order valence-electron chi connectivity index (χ4n) is 2.29. The zero-order valence-corrected chi connectivity index (χ0v) is 18.5. The van der Waals surface area contributed by atoms with Gasteiger partial charge in [-0.2, -0.15) is 8.78 Å². The van der Waals surface area contributed by atoms with Crippen LogP contribution in [0.1, 0.15) is 18.1 Å². The van der Waals surface area contributed by atoms with E-state index in [0.717, 1.165) is 5.56 Å². The number of aliphatic imine (C=N–C) groups is 1. The summed E-state index contributed by atoms with van der Waals surface area (Å²) in [7, 11) is 1.61. The summed E-state index contributed by atoms with van der Waals surface area (Å²) in [6, 6.07) is 8.53. The predicted octanol–water partition coefficient (Wildman–Crippen LogP) is 4.22. The second-order valence-corrected chi connectivity index (χ2v) is 5.71. The number of halogens is 4. The first-order valence-corrected chi connectivity index (χ1v) is 8.65. The molecule has 0 radical (unpaired) electrons. The van der Waals surface area contributed by atoms with Gasteiger partial charge >= 0.3 is 6.61 Å². The maximum absolute atomic E-state index is 12.8. The summed E-state index contributed by atoms with van der Waals surface area (Å²) in [5, 5.41) is 6.59. The van der Waals surface area contributed by atoms with Gasteiger partial charge in [-0.15, -0.1) is 24.0 Å². The SMILES string of the molecule is CCOc1cccc(CNC(=NC)NCc2ccc(Cl)nc2)c1OC(F)F.I. The van der Waals surface area contributed by atoms with E-state index in [2.05, 4.69) is 25.3 Å². The van der Waals surface area contributed by atoms with Crippen LogP contribution in [0.15, 0.2) is 41.5 Å². The van der Waals surface area contributed by atoms with Gasteiger partial charge in [-0.3, -0.25) is 4.99 Å². The second kappa shape index (κ2) is 12.6. The Kier molecular flexibility index (Phi) is 10.8. The minimum atomic E-state index is -2.94. The van der Waals surface area contributed by atoms with E-state index in [-0.39, 0.29) is 42.0 Å². The van der Waals surface area contributed by atoms with Crippen molar-refractivity contribution in [2.75, 3.05) is 13.7 Å². The molecule has 0 saturated carbocycles. The van der Waals surface area contributed by atoms with Gasteiger partial charge in [0.05, 0.1) is 6.61 Å². The van der Waals surface area contributed by atoms with Gasteiger partial charge < -0.3 is 20.1 Å². The lowest BCUT2D eigenvalue weighted by molar-refractivity contribution is -0.0520. The van der Waals surface area contributed by atoms with Crippen molar-refractivity contribution in [3.63, 3.8) is 0 Å². The average molecular weight is 527 g/mol. The van der Waals surface area contributed by atoms with Crippen LogP contribution in [0, 0.1) is 0 Å². The highest BCUT2D eigenvalue weighted by Crippen LogP contribution is 2.32. The molecule has 154 valence electrons. The summed E-state index contributed by atoms with van der Waals surface area (Å²) in [4.78, 5) is 8.12. The van der Waals surface area contributed by atoms with E-state index < -0.39 is 6.61 Å². The molecular weight excluding hydrogens is 505 g/mol. The van der Waals surface area contributed by atoms with E-state index in [1.54, 1.807) is 44.4 Å². The number of para-hydroxylation sites is 1. The average Bonchev–Trinajstić information content (AvgIpc) is 2.65. The Morgan fingerprint density at radius 3 is 2.57 bits per heavy atom. The molecule has 10 heteroatoms. The molecular formula is C18H22ClF2IN4O2. The van der Waals surface area contributed by atoms with Crippen LogP contribution in [0.4, 0.5) is 8.78 Å². The molecule has 28 heavy (non-hydrogen) atoms. The van der Waals surface area contributed by atoms with Crippen molar-refractivity contribution in [3.05, 3.63) is 52.8 Å². The van der Waals surface area contributed by atoms with Crippen molar-refractivity contribution >= 4 is 41.5 Å². The third-order valence-electron chi connectivity index (χ3n) is 3.49. The molecule has 1 aromatic heterocycles. The van der Waals surface area contributed by atoms with Crippen molar-refractivity contribution in [3.8, 4) is 11.5 Å². The molecule has 0 unspecified atom stereocenters. The predicted molar refractivity (Wildman–Crippen MR) is 116 cm³/mol. The number of pyridine rings is 1. The standard InChI is InChI=1S/C18H21ClF2N4O2.HI/c1-3-26-14-6-4-5-13(16(14)27-17(20)21)11-25-18(22-2)24-10-12-7-8-15(19)23-9-12;/h4-9,17H,3,10-11H2,1-2H3,(H2,22,24,25);1H. The van der Waals surface area contributed by atoms with E-state index in [4.69, 9.17) is 16.3 Å². The van der Waals surface area contributed by atoms with Gasteiger partial charge in [-0.05, 0) is 24.6 Å². The van der Waals surface area contributed by atoms with Crippen LogP contribution in [0.3, 0.4) is 0 Å². The van der Waals surface area contributed by atoms with Crippen LogP contribution in [0.25, 0.3) is 0 Å². The number of hydrogen-bond donors (Lipinski definition) is 2. The van der Waals surface area contributed by atoms with Gasteiger partial charge in [0.1, 0.15) is 5.15 Å². The van der Waals surface area contributed by atoms with E-state index in [9.17, 15) is 8.78 Å². The van der Waals surface area contributed by atoms with Crippen LogP contribution in [0.2, 0.25) is 5.15 Å². The number of nitrogens with one attached hydrogen (secondary N) is 2. The number of ether oxygens (including phenoxy) is 2. The number of nitrogens with zero attached hydrogens (tertiary/aromatic N) is 2. The van der Waals surface area contributed by atoms with Gasteiger partial charge in [0, 0.05) is 31.9 Å². The Bertz CT molecular complexity index is 764. The van der Waals surface area contributed by atoms with Crippen LogP contribution in [-0.2, 0) is 13.1 Å².